The van der Waals surface area contributed by atoms with Gasteiger partial charge in [0, 0.05) is 30.5 Å². The van der Waals surface area contributed by atoms with Gasteiger partial charge in [0.2, 0.25) is 11.6 Å². The predicted octanol–water partition coefficient (Wildman–Crippen LogP) is 7.79. The molecule has 192 valence electrons. The molecule has 1 aliphatic carbocycles. The lowest BCUT2D eigenvalue weighted by Crippen LogP contribution is -2.30. The molecule has 2 aromatic carbocycles. The van der Waals surface area contributed by atoms with E-state index in [2.05, 4.69) is 20.8 Å². The highest BCUT2D eigenvalue weighted by Gasteiger charge is 2.52. The zero-order valence-electron chi connectivity index (χ0n) is 21.5. The lowest BCUT2D eigenvalue weighted by molar-refractivity contribution is -0.384. The van der Waals surface area contributed by atoms with Gasteiger partial charge >= 0.3 is 0 Å². The van der Waals surface area contributed by atoms with Crippen LogP contribution in [-0.4, -0.2) is 40.1 Å². The van der Waals surface area contributed by atoms with Crippen molar-refractivity contribution in [3.63, 3.8) is 0 Å². The average Bonchev–Trinajstić information content (AvgIpc) is 2.90. The summed E-state index contributed by atoms with van der Waals surface area (Å²) < 4.78 is 0. The van der Waals surface area contributed by atoms with Crippen molar-refractivity contribution in [2.24, 2.45) is 0 Å². The second-order valence-corrected chi connectivity index (χ2v) is 14.0. The zero-order valence-corrected chi connectivity index (χ0v) is 22.4. The Labute approximate surface area is 214 Å². The number of non-ortho nitro benzene ring substituents is 1. The number of benzene rings is 2. The summed E-state index contributed by atoms with van der Waals surface area (Å²) in [7, 11) is -1.96. The summed E-state index contributed by atoms with van der Waals surface area (Å²) in [5.74, 6) is -1.36. The van der Waals surface area contributed by atoms with Gasteiger partial charge in [0.05, 0.1) is 29.0 Å². The van der Waals surface area contributed by atoms with E-state index in [1.165, 1.54) is 12.1 Å². The number of nitrogens with zero attached hydrogens (tertiary/aromatic N) is 1. The van der Waals surface area contributed by atoms with Crippen LogP contribution in [0.15, 0.2) is 54.1 Å². The molecule has 0 bridgehead atoms. The van der Waals surface area contributed by atoms with Crippen LogP contribution >= 0.6 is 7.26 Å². The Kier molecular flexibility index (Phi) is 9.56. The number of nitro groups is 1. The lowest BCUT2D eigenvalue weighted by Gasteiger charge is -2.37. The molecule has 1 unspecified atom stereocenters. The van der Waals surface area contributed by atoms with Gasteiger partial charge in [0.25, 0.3) is 5.69 Å². The maximum atomic E-state index is 13.7. The molecule has 1 atom stereocenters. The minimum absolute atomic E-state index is 0.0216. The molecule has 0 saturated heterocycles. The Morgan fingerprint density at radius 3 is 1.78 bits per heavy atom. The van der Waals surface area contributed by atoms with E-state index in [1.54, 1.807) is 36.4 Å². The fraction of sp³-hybridized carbons (Fsp3) is 0.448. The van der Waals surface area contributed by atoms with Gasteiger partial charge in [-0.2, -0.15) is 0 Å². The largest absolute Gasteiger partial charge is 0.507 e. The number of unbranched alkanes of at least 4 members (excludes halogenated alkanes) is 3. The lowest BCUT2D eigenvalue weighted by atomic mass is 9.85. The van der Waals surface area contributed by atoms with Crippen molar-refractivity contribution >= 4 is 30.3 Å². The number of Topliss-reactive ketones (excluding diaryl/α,β-unsaturated/α-hetero) is 2. The SMILES string of the molecule is CCCC[P+](CCCC)(CCCC)C(C1=C(O)c2ccccc2C(=O)C1=O)c1ccc([N+](=O)[O-])cc1. The number of hydrogen-bond donors (Lipinski definition) is 1. The second kappa shape index (κ2) is 12.4. The van der Waals surface area contributed by atoms with Crippen molar-refractivity contribution in [2.75, 3.05) is 18.5 Å². The Morgan fingerprint density at radius 1 is 0.806 bits per heavy atom. The number of hydrogen-bond acceptors (Lipinski definition) is 5. The summed E-state index contributed by atoms with van der Waals surface area (Å²) >= 11 is 0. The van der Waals surface area contributed by atoms with Crippen molar-refractivity contribution in [2.45, 2.75) is 65.0 Å². The average molecular weight is 511 g/mol. The monoisotopic (exact) mass is 510 g/mol. The van der Waals surface area contributed by atoms with Crippen LogP contribution in [-0.2, 0) is 4.79 Å². The third kappa shape index (κ3) is 5.59. The van der Waals surface area contributed by atoms with Crippen LogP contribution in [0, 0.1) is 10.1 Å². The number of ketones is 2. The van der Waals surface area contributed by atoms with Gasteiger partial charge in [-0.05, 0) is 37.0 Å². The normalized spacial score (nSPS) is 14.6. The first-order valence-corrected chi connectivity index (χ1v) is 15.4. The molecular weight excluding hydrogens is 473 g/mol. The van der Waals surface area contributed by atoms with Gasteiger partial charge in [-0.25, -0.2) is 0 Å². The molecule has 0 saturated carbocycles. The summed E-state index contributed by atoms with van der Waals surface area (Å²) in [6.45, 7) is 6.45. The van der Waals surface area contributed by atoms with E-state index in [0.29, 0.717) is 5.56 Å². The molecule has 1 N–H and O–H groups in total. The highest BCUT2D eigenvalue weighted by molar-refractivity contribution is 7.76. The molecule has 2 aromatic rings. The van der Waals surface area contributed by atoms with Crippen molar-refractivity contribution in [1.82, 2.24) is 0 Å². The summed E-state index contributed by atoms with van der Waals surface area (Å²) in [5.41, 5.74) is 1.12. The second-order valence-electron chi connectivity index (χ2n) is 9.67. The first-order chi connectivity index (χ1) is 17.3. The highest BCUT2D eigenvalue weighted by Crippen LogP contribution is 2.74. The number of aliphatic hydroxyl groups excluding tert-OH is 1. The number of carbonyl (C=O) groups is 2. The third-order valence-corrected chi connectivity index (χ3v) is 12.5. The topological polar surface area (TPSA) is 97.5 Å². The fourth-order valence-electron chi connectivity index (χ4n) is 5.32. The first-order valence-electron chi connectivity index (χ1n) is 13.0. The maximum Gasteiger partial charge on any atom is 0.269 e. The fourth-order valence-corrected chi connectivity index (χ4v) is 11.2. The van der Waals surface area contributed by atoms with Gasteiger partial charge < -0.3 is 5.11 Å². The summed E-state index contributed by atoms with van der Waals surface area (Å²) in [5, 5.41) is 22.9. The molecule has 0 aliphatic heterocycles. The molecule has 0 radical (unpaired) electrons. The number of allylic oxidation sites excluding steroid dienone is 1. The molecule has 0 aromatic heterocycles. The molecule has 7 heteroatoms. The van der Waals surface area contributed by atoms with E-state index < -0.39 is 29.4 Å². The van der Waals surface area contributed by atoms with Gasteiger partial charge in [-0.15, -0.1) is 0 Å². The summed E-state index contributed by atoms with van der Waals surface area (Å²) in [6.07, 6.45) is 8.86. The van der Waals surface area contributed by atoms with Crippen LogP contribution in [0.25, 0.3) is 5.76 Å². The number of nitro benzene ring substituents is 1. The van der Waals surface area contributed by atoms with Crippen molar-refractivity contribution in [3.05, 3.63) is 80.9 Å². The van der Waals surface area contributed by atoms with Crippen LogP contribution in [0.1, 0.15) is 86.4 Å². The quantitative estimate of drug-likeness (QED) is 0.128. The van der Waals surface area contributed by atoms with Gasteiger partial charge in [0.1, 0.15) is 11.4 Å². The number of rotatable bonds is 13. The van der Waals surface area contributed by atoms with Gasteiger partial charge in [-0.1, -0.05) is 64.3 Å². The standard InChI is InChI=1S/C29H36NO5P/c1-4-7-18-36(19-8-5-2,20-9-6-3)29(21-14-16-22(17-15-21)30(34)35)25-26(31)23-12-10-11-13-24(23)27(32)28(25)33/h10-17,29H,4-9,18-20H2,1-3H3/p+1. The van der Waals surface area contributed by atoms with E-state index in [0.717, 1.165) is 62.6 Å². The Hall–Kier alpha value is -2.85. The minimum atomic E-state index is -1.96. The molecular formula is C29H37NO5P+. The van der Waals surface area contributed by atoms with Crippen molar-refractivity contribution in [1.29, 1.82) is 0 Å². The van der Waals surface area contributed by atoms with Crippen molar-refractivity contribution in [3.8, 4) is 0 Å². The Morgan fingerprint density at radius 2 is 1.31 bits per heavy atom. The van der Waals surface area contributed by atoms with Gasteiger partial charge in [0.15, 0.2) is 0 Å². The Balaban J connectivity index is 2.33. The zero-order chi connectivity index (χ0) is 26.3. The summed E-state index contributed by atoms with van der Waals surface area (Å²) in [6, 6.07) is 13.1. The minimum Gasteiger partial charge on any atom is -0.507 e. The summed E-state index contributed by atoms with van der Waals surface area (Å²) in [4.78, 5) is 37.9. The van der Waals surface area contributed by atoms with Crippen LogP contribution in [0.4, 0.5) is 5.69 Å². The van der Waals surface area contributed by atoms with Gasteiger partial charge in [-0.3, -0.25) is 19.7 Å². The van der Waals surface area contributed by atoms with Crippen molar-refractivity contribution < 1.29 is 19.6 Å². The number of fused-ring (bicyclic) bond motifs is 1. The molecule has 6 nitrogen and oxygen atoms in total. The van der Waals surface area contributed by atoms with E-state index in [1.807, 2.05) is 0 Å². The molecule has 1 aliphatic rings. The van der Waals surface area contributed by atoms with Crippen LogP contribution in [0.3, 0.4) is 0 Å². The smallest absolute Gasteiger partial charge is 0.269 e. The van der Waals surface area contributed by atoms with E-state index in [4.69, 9.17) is 0 Å². The molecule has 0 amide bonds. The molecule has 36 heavy (non-hydrogen) atoms. The Bertz CT molecular complexity index is 1120. The van der Waals surface area contributed by atoms with E-state index in [9.17, 15) is 24.8 Å². The first kappa shape index (κ1) is 27.7. The maximum absolute atomic E-state index is 13.7. The molecule has 3 rings (SSSR count). The molecule has 0 fully saturated rings. The van der Waals surface area contributed by atoms with Crippen LogP contribution in [0.2, 0.25) is 0 Å². The van der Waals surface area contributed by atoms with E-state index >= 15 is 0 Å². The van der Waals surface area contributed by atoms with Crippen LogP contribution < -0.4 is 0 Å². The van der Waals surface area contributed by atoms with E-state index in [-0.39, 0.29) is 22.6 Å². The number of aliphatic hydroxyl groups is 1. The number of carbonyl (C=O) groups excluding carboxylic acids is 2. The third-order valence-electron chi connectivity index (χ3n) is 7.24. The predicted molar refractivity (Wildman–Crippen MR) is 147 cm³/mol. The highest BCUT2D eigenvalue weighted by atomic mass is 31.2. The molecule has 0 spiro atoms. The molecule has 0 heterocycles. The van der Waals surface area contributed by atoms with Crippen LogP contribution in [0.5, 0.6) is 0 Å².